The van der Waals surface area contributed by atoms with E-state index in [1.807, 2.05) is 12.3 Å². The molecule has 4 heteroatoms. The molecule has 1 saturated heterocycles. The molecule has 14 heavy (non-hydrogen) atoms. The van der Waals surface area contributed by atoms with Crippen molar-refractivity contribution in [1.29, 1.82) is 0 Å². The fraction of sp³-hybridized carbons (Fsp3) is 0.700. The first-order chi connectivity index (χ1) is 6.68. The maximum Gasteiger partial charge on any atom is 0.225 e. The molecule has 0 spiro atoms. The van der Waals surface area contributed by atoms with E-state index in [4.69, 9.17) is 4.74 Å². The summed E-state index contributed by atoms with van der Waals surface area (Å²) in [6.07, 6.45) is 2.12. The van der Waals surface area contributed by atoms with Gasteiger partial charge in [0, 0.05) is 0 Å². The fourth-order valence-electron chi connectivity index (χ4n) is 1.70. The second-order valence-electron chi connectivity index (χ2n) is 4.01. The van der Waals surface area contributed by atoms with Gasteiger partial charge in [0.05, 0.1) is 10.4 Å². The molecular formula is C10H16N2OS. The van der Waals surface area contributed by atoms with Gasteiger partial charge in [0.1, 0.15) is 5.60 Å². The number of nitrogens with one attached hydrogen (secondary N) is 1. The summed E-state index contributed by atoms with van der Waals surface area (Å²) in [6, 6.07) is 0. The van der Waals surface area contributed by atoms with Crippen molar-refractivity contribution in [3.05, 3.63) is 10.4 Å². The Kier molecular flexibility index (Phi) is 2.74. The minimum absolute atomic E-state index is 0.0221. The number of hydrogen-bond acceptors (Lipinski definition) is 4. The molecule has 1 aliphatic rings. The van der Waals surface area contributed by atoms with E-state index in [1.165, 1.54) is 0 Å². The molecule has 1 N–H and O–H groups in total. The van der Waals surface area contributed by atoms with Crippen molar-refractivity contribution in [1.82, 2.24) is 10.3 Å². The summed E-state index contributed by atoms with van der Waals surface area (Å²) in [6.45, 7) is 6.25. The van der Waals surface area contributed by atoms with Crippen LogP contribution in [-0.4, -0.2) is 23.7 Å². The molecule has 0 bridgehead atoms. The summed E-state index contributed by atoms with van der Waals surface area (Å²) in [4.78, 5) is 4.33. The molecule has 0 saturated carbocycles. The highest BCUT2D eigenvalue weighted by molar-refractivity contribution is 7.09. The van der Waals surface area contributed by atoms with Crippen LogP contribution in [0.3, 0.4) is 0 Å². The van der Waals surface area contributed by atoms with Crippen LogP contribution in [-0.2, 0) is 0 Å². The molecule has 0 aromatic carbocycles. The zero-order valence-corrected chi connectivity index (χ0v) is 9.49. The largest absolute Gasteiger partial charge is 0.471 e. The van der Waals surface area contributed by atoms with Crippen molar-refractivity contribution >= 4 is 11.3 Å². The number of thiazole rings is 1. The van der Waals surface area contributed by atoms with E-state index in [2.05, 4.69) is 17.2 Å². The van der Waals surface area contributed by atoms with Crippen LogP contribution in [0.2, 0.25) is 0 Å². The molecule has 2 rings (SSSR count). The van der Waals surface area contributed by atoms with Gasteiger partial charge in [-0.3, -0.25) is 0 Å². The Morgan fingerprint density at radius 3 is 2.79 bits per heavy atom. The van der Waals surface area contributed by atoms with Crippen LogP contribution >= 0.6 is 11.3 Å². The minimum Gasteiger partial charge on any atom is -0.471 e. The highest BCUT2D eigenvalue weighted by atomic mass is 32.1. The number of aryl methyl sites for hydroxylation is 1. The zero-order chi connectivity index (χ0) is 10.0. The van der Waals surface area contributed by atoms with Gasteiger partial charge in [-0.1, -0.05) is 0 Å². The smallest absolute Gasteiger partial charge is 0.225 e. The first-order valence-corrected chi connectivity index (χ1v) is 5.88. The maximum absolute atomic E-state index is 5.92. The summed E-state index contributed by atoms with van der Waals surface area (Å²) in [7, 11) is 0. The molecule has 1 aliphatic heterocycles. The van der Waals surface area contributed by atoms with Crippen molar-refractivity contribution in [3.8, 4) is 5.88 Å². The van der Waals surface area contributed by atoms with E-state index < -0.39 is 0 Å². The Morgan fingerprint density at radius 1 is 1.50 bits per heavy atom. The third-order valence-electron chi connectivity index (χ3n) is 2.61. The Labute approximate surface area is 88.5 Å². The lowest BCUT2D eigenvalue weighted by Crippen LogP contribution is -2.43. The third-order valence-corrected chi connectivity index (χ3v) is 3.36. The monoisotopic (exact) mass is 212 g/mol. The van der Waals surface area contributed by atoms with Crippen molar-refractivity contribution in [2.45, 2.75) is 32.3 Å². The summed E-state index contributed by atoms with van der Waals surface area (Å²) < 4.78 is 5.92. The second kappa shape index (κ2) is 3.87. The molecule has 0 aliphatic carbocycles. The Balaban J connectivity index is 2.01. The van der Waals surface area contributed by atoms with E-state index in [9.17, 15) is 0 Å². The molecule has 1 aromatic heterocycles. The number of piperidine rings is 1. The SMILES string of the molecule is Cc1nc(OC2(C)CCNCC2)cs1. The van der Waals surface area contributed by atoms with E-state index in [-0.39, 0.29) is 5.60 Å². The van der Waals surface area contributed by atoms with Crippen molar-refractivity contribution in [2.24, 2.45) is 0 Å². The lowest BCUT2D eigenvalue weighted by Gasteiger charge is -2.33. The minimum atomic E-state index is -0.0221. The van der Waals surface area contributed by atoms with Crippen LogP contribution in [0.15, 0.2) is 5.38 Å². The fourth-order valence-corrected chi connectivity index (χ4v) is 2.22. The van der Waals surface area contributed by atoms with Crippen molar-refractivity contribution in [3.63, 3.8) is 0 Å². The molecule has 2 heterocycles. The first-order valence-electron chi connectivity index (χ1n) is 5.00. The molecule has 0 unspecified atom stereocenters. The third kappa shape index (κ3) is 2.25. The van der Waals surface area contributed by atoms with E-state index in [0.717, 1.165) is 36.8 Å². The van der Waals surface area contributed by atoms with Gasteiger partial charge in [0.15, 0.2) is 0 Å². The van der Waals surface area contributed by atoms with Gasteiger partial charge in [-0.2, -0.15) is 0 Å². The van der Waals surface area contributed by atoms with Crippen LogP contribution in [0.5, 0.6) is 5.88 Å². The normalized spacial score (nSPS) is 20.7. The van der Waals surface area contributed by atoms with E-state index >= 15 is 0 Å². The molecule has 0 amide bonds. The van der Waals surface area contributed by atoms with Crippen molar-refractivity contribution in [2.75, 3.05) is 13.1 Å². The van der Waals surface area contributed by atoms with Gasteiger partial charge in [0.2, 0.25) is 5.88 Å². The predicted octanol–water partition coefficient (Wildman–Crippen LogP) is 1.97. The van der Waals surface area contributed by atoms with Gasteiger partial charge in [0.25, 0.3) is 0 Å². The molecule has 3 nitrogen and oxygen atoms in total. The Bertz CT molecular complexity index is 305. The van der Waals surface area contributed by atoms with Gasteiger partial charge < -0.3 is 10.1 Å². The molecule has 0 radical (unpaired) electrons. The van der Waals surface area contributed by atoms with Crippen LogP contribution in [0, 0.1) is 6.92 Å². The van der Waals surface area contributed by atoms with Crippen LogP contribution in [0.4, 0.5) is 0 Å². The Morgan fingerprint density at radius 2 is 2.21 bits per heavy atom. The molecule has 1 fully saturated rings. The summed E-state index contributed by atoms with van der Waals surface area (Å²) in [5, 5.41) is 6.39. The molecular weight excluding hydrogens is 196 g/mol. The van der Waals surface area contributed by atoms with E-state index in [0.29, 0.717) is 0 Å². The summed E-state index contributed by atoms with van der Waals surface area (Å²) in [5.74, 6) is 0.789. The van der Waals surface area contributed by atoms with Gasteiger partial charge in [-0.05, 0) is 39.8 Å². The average molecular weight is 212 g/mol. The Hall–Kier alpha value is -0.610. The van der Waals surface area contributed by atoms with Gasteiger partial charge in [-0.25, -0.2) is 4.98 Å². The standard InChI is InChI=1S/C10H16N2OS/c1-8-12-9(7-14-8)13-10(2)3-5-11-6-4-10/h7,11H,3-6H2,1-2H3. The lowest BCUT2D eigenvalue weighted by atomic mass is 9.95. The van der Waals surface area contributed by atoms with Crippen molar-refractivity contribution < 1.29 is 4.74 Å². The second-order valence-corrected chi connectivity index (χ2v) is 5.07. The highest BCUT2D eigenvalue weighted by Crippen LogP contribution is 2.26. The summed E-state index contributed by atoms with van der Waals surface area (Å²) in [5.41, 5.74) is -0.0221. The number of aromatic nitrogens is 1. The van der Waals surface area contributed by atoms with Crippen LogP contribution in [0.1, 0.15) is 24.8 Å². The zero-order valence-electron chi connectivity index (χ0n) is 8.67. The maximum atomic E-state index is 5.92. The predicted molar refractivity (Wildman–Crippen MR) is 58.0 cm³/mol. The van der Waals surface area contributed by atoms with Gasteiger partial charge >= 0.3 is 0 Å². The lowest BCUT2D eigenvalue weighted by molar-refractivity contribution is 0.0514. The molecule has 1 aromatic rings. The topological polar surface area (TPSA) is 34.1 Å². The van der Waals surface area contributed by atoms with Crippen LogP contribution < -0.4 is 10.1 Å². The molecule has 0 atom stereocenters. The number of nitrogens with zero attached hydrogens (tertiary/aromatic N) is 1. The van der Waals surface area contributed by atoms with Crippen LogP contribution in [0.25, 0.3) is 0 Å². The number of hydrogen-bond donors (Lipinski definition) is 1. The summed E-state index contributed by atoms with van der Waals surface area (Å²) >= 11 is 1.64. The van der Waals surface area contributed by atoms with Gasteiger partial charge in [-0.15, -0.1) is 11.3 Å². The van der Waals surface area contributed by atoms with E-state index in [1.54, 1.807) is 11.3 Å². The highest BCUT2D eigenvalue weighted by Gasteiger charge is 2.29. The first kappa shape index (κ1) is 9.93. The number of ether oxygens (including phenoxy) is 1. The molecule has 78 valence electrons. The quantitative estimate of drug-likeness (QED) is 0.814. The average Bonchev–Trinajstić information content (AvgIpc) is 2.51. The number of rotatable bonds is 2.